The molecule has 2 aromatic carbocycles. The highest BCUT2D eigenvalue weighted by atomic mass is 16.2. The highest BCUT2D eigenvalue weighted by Gasteiger charge is 2.29. The van der Waals surface area contributed by atoms with E-state index in [0.29, 0.717) is 12.1 Å². The molecule has 1 aliphatic heterocycles. The van der Waals surface area contributed by atoms with E-state index < -0.39 is 0 Å². The number of benzene rings is 2. The first-order chi connectivity index (χ1) is 13.1. The second-order valence-corrected chi connectivity index (χ2v) is 7.26. The lowest BCUT2D eigenvalue weighted by Crippen LogP contribution is -2.29. The molecule has 1 fully saturated rings. The van der Waals surface area contributed by atoms with Gasteiger partial charge in [-0.3, -0.25) is 9.48 Å². The Balaban J connectivity index is 1.40. The van der Waals surface area contributed by atoms with Crippen LogP contribution in [0.1, 0.15) is 28.6 Å². The van der Waals surface area contributed by atoms with Gasteiger partial charge in [0.2, 0.25) is 0 Å². The van der Waals surface area contributed by atoms with E-state index in [4.69, 9.17) is 0 Å². The van der Waals surface area contributed by atoms with Crippen LogP contribution in [0.25, 0.3) is 21.9 Å². The van der Waals surface area contributed by atoms with E-state index >= 15 is 0 Å². The maximum atomic E-state index is 13.0. The number of likely N-dealkylation sites (tertiary alicyclic amines) is 1. The molecule has 1 saturated heterocycles. The Bertz CT molecular complexity index is 1170. The summed E-state index contributed by atoms with van der Waals surface area (Å²) in [6, 6.07) is 14.2. The molecule has 0 aliphatic carbocycles. The molecule has 0 radical (unpaired) electrons. The van der Waals surface area contributed by atoms with Crippen molar-refractivity contribution in [1.82, 2.24) is 24.2 Å². The molecule has 27 heavy (non-hydrogen) atoms. The number of aromatic nitrogens is 4. The average Bonchev–Trinajstić information content (AvgIpc) is 3.39. The third-order valence-corrected chi connectivity index (χ3v) is 5.65. The zero-order valence-corrected chi connectivity index (χ0v) is 15.5. The second kappa shape index (κ2) is 5.94. The van der Waals surface area contributed by atoms with E-state index in [1.54, 1.807) is 0 Å². The summed E-state index contributed by atoms with van der Waals surface area (Å²) in [6.07, 6.45) is 2.82. The highest BCUT2D eigenvalue weighted by molar-refractivity contribution is 5.97. The number of rotatable bonds is 2. The molecule has 1 aliphatic rings. The molecule has 2 aromatic heterocycles. The summed E-state index contributed by atoms with van der Waals surface area (Å²) in [6.45, 7) is 3.40. The molecule has 6 heteroatoms. The maximum absolute atomic E-state index is 13.0. The van der Waals surface area contributed by atoms with E-state index in [1.165, 1.54) is 0 Å². The topological polar surface area (TPSA) is 56.0 Å². The number of imidazole rings is 1. The van der Waals surface area contributed by atoms with Crippen LogP contribution in [0.4, 0.5) is 0 Å². The van der Waals surface area contributed by atoms with E-state index in [0.717, 1.165) is 40.7 Å². The largest absolute Gasteiger partial charge is 0.336 e. The fourth-order valence-electron chi connectivity index (χ4n) is 4.04. The van der Waals surface area contributed by atoms with Crippen molar-refractivity contribution in [3.8, 4) is 0 Å². The molecule has 1 amide bonds. The van der Waals surface area contributed by atoms with Crippen molar-refractivity contribution in [2.45, 2.75) is 19.4 Å². The second-order valence-electron chi connectivity index (χ2n) is 7.26. The SMILES string of the molecule is Cc1nc2cc(C(=O)N3CC[C@@H](n4ncc5ccccc54)C3)ccc2n1C. The molecule has 1 atom stereocenters. The summed E-state index contributed by atoms with van der Waals surface area (Å²) in [5, 5.41) is 5.70. The average molecular weight is 359 g/mol. The molecule has 0 N–H and O–H groups in total. The zero-order valence-electron chi connectivity index (χ0n) is 15.5. The number of carbonyl (C=O) groups excluding carboxylic acids is 1. The predicted molar refractivity (Wildman–Crippen MR) is 105 cm³/mol. The standard InChI is InChI=1S/C21H21N5O/c1-14-23-18-11-15(7-8-20(18)24(14)2)21(27)25-10-9-17(13-25)26-19-6-4-3-5-16(19)12-22-26/h3-8,11-12,17H,9-10,13H2,1-2H3/t17-/m1/s1. The van der Waals surface area contributed by atoms with Crippen molar-refractivity contribution in [3.05, 3.63) is 60.0 Å². The third kappa shape index (κ3) is 2.51. The molecule has 0 bridgehead atoms. The minimum Gasteiger partial charge on any atom is -0.336 e. The van der Waals surface area contributed by atoms with Crippen molar-refractivity contribution in [1.29, 1.82) is 0 Å². The fourth-order valence-corrected chi connectivity index (χ4v) is 4.04. The van der Waals surface area contributed by atoms with Crippen LogP contribution in [0.3, 0.4) is 0 Å². The van der Waals surface area contributed by atoms with Gasteiger partial charge in [-0.15, -0.1) is 0 Å². The Hall–Kier alpha value is -3.15. The van der Waals surface area contributed by atoms with Gasteiger partial charge in [0.25, 0.3) is 5.91 Å². The van der Waals surface area contributed by atoms with Gasteiger partial charge in [0.15, 0.2) is 0 Å². The third-order valence-electron chi connectivity index (χ3n) is 5.65. The molecule has 0 spiro atoms. The summed E-state index contributed by atoms with van der Waals surface area (Å²) in [4.78, 5) is 19.5. The lowest BCUT2D eigenvalue weighted by Gasteiger charge is -2.17. The van der Waals surface area contributed by atoms with Crippen LogP contribution in [0.5, 0.6) is 0 Å². The predicted octanol–water partition coefficient (Wildman–Crippen LogP) is 3.32. The summed E-state index contributed by atoms with van der Waals surface area (Å²) < 4.78 is 4.10. The Morgan fingerprint density at radius 2 is 2.00 bits per heavy atom. The molecule has 6 nitrogen and oxygen atoms in total. The van der Waals surface area contributed by atoms with Crippen LogP contribution in [-0.2, 0) is 7.05 Å². The van der Waals surface area contributed by atoms with Crippen LogP contribution in [0.2, 0.25) is 0 Å². The number of aryl methyl sites for hydroxylation is 2. The first kappa shape index (κ1) is 16.1. The Labute approximate surface area is 157 Å². The summed E-state index contributed by atoms with van der Waals surface area (Å²) in [7, 11) is 1.99. The quantitative estimate of drug-likeness (QED) is 0.552. The van der Waals surface area contributed by atoms with Gasteiger partial charge in [-0.2, -0.15) is 5.10 Å². The number of fused-ring (bicyclic) bond motifs is 2. The summed E-state index contributed by atoms with van der Waals surface area (Å²) in [5.41, 5.74) is 3.75. The lowest BCUT2D eigenvalue weighted by atomic mass is 10.1. The van der Waals surface area contributed by atoms with E-state index in [-0.39, 0.29) is 11.9 Å². The van der Waals surface area contributed by atoms with Crippen molar-refractivity contribution >= 4 is 27.8 Å². The first-order valence-electron chi connectivity index (χ1n) is 9.26. The molecule has 4 aromatic rings. The van der Waals surface area contributed by atoms with E-state index in [9.17, 15) is 4.79 Å². The number of hydrogen-bond donors (Lipinski definition) is 0. The maximum Gasteiger partial charge on any atom is 0.254 e. The van der Waals surface area contributed by atoms with Gasteiger partial charge < -0.3 is 9.47 Å². The Morgan fingerprint density at radius 1 is 1.15 bits per heavy atom. The van der Waals surface area contributed by atoms with Crippen molar-refractivity contribution < 1.29 is 4.79 Å². The van der Waals surface area contributed by atoms with E-state index in [2.05, 4.69) is 26.9 Å². The number of para-hydroxylation sites is 1. The Kier molecular flexibility index (Phi) is 3.53. The number of hydrogen-bond acceptors (Lipinski definition) is 3. The lowest BCUT2D eigenvalue weighted by molar-refractivity contribution is 0.0787. The molecular formula is C21H21N5O. The van der Waals surface area contributed by atoms with Gasteiger partial charge >= 0.3 is 0 Å². The van der Waals surface area contributed by atoms with Crippen LogP contribution < -0.4 is 0 Å². The number of carbonyl (C=O) groups is 1. The van der Waals surface area contributed by atoms with Crippen molar-refractivity contribution in [3.63, 3.8) is 0 Å². The van der Waals surface area contributed by atoms with Gasteiger partial charge in [0.05, 0.1) is 28.8 Å². The van der Waals surface area contributed by atoms with Gasteiger partial charge in [-0.25, -0.2) is 4.98 Å². The summed E-state index contributed by atoms with van der Waals surface area (Å²) >= 11 is 0. The van der Waals surface area contributed by atoms with Gasteiger partial charge in [0, 0.05) is 31.1 Å². The van der Waals surface area contributed by atoms with Crippen LogP contribution in [-0.4, -0.2) is 43.2 Å². The normalized spacial score (nSPS) is 17.3. The van der Waals surface area contributed by atoms with Gasteiger partial charge in [0.1, 0.15) is 5.82 Å². The van der Waals surface area contributed by atoms with E-state index in [1.807, 2.05) is 60.0 Å². The molecular weight excluding hydrogens is 338 g/mol. The smallest absolute Gasteiger partial charge is 0.254 e. The number of nitrogens with zero attached hydrogens (tertiary/aromatic N) is 5. The number of amides is 1. The van der Waals surface area contributed by atoms with Crippen LogP contribution in [0.15, 0.2) is 48.7 Å². The van der Waals surface area contributed by atoms with Gasteiger partial charge in [-0.05, 0) is 37.6 Å². The van der Waals surface area contributed by atoms with Crippen LogP contribution in [0, 0.1) is 6.92 Å². The molecule has 3 heterocycles. The first-order valence-corrected chi connectivity index (χ1v) is 9.26. The highest BCUT2D eigenvalue weighted by Crippen LogP contribution is 2.27. The molecule has 5 rings (SSSR count). The molecule has 0 saturated carbocycles. The molecule has 0 unspecified atom stereocenters. The minimum atomic E-state index is 0.0687. The summed E-state index contributed by atoms with van der Waals surface area (Å²) in [5.74, 6) is 1.01. The van der Waals surface area contributed by atoms with Crippen molar-refractivity contribution in [2.75, 3.05) is 13.1 Å². The van der Waals surface area contributed by atoms with Crippen molar-refractivity contribution in [2.24, 2.45) is 7.05 Å². The zero-order chi connectivity index (χ0) is 18.5. The fraction of sp³-hybridized carbons (Fsp3) is 0.286. The minimum absolute atomic E-state index is 0.0687. The molecule has 136 valence electrons. The van der Waals surface area contributed by atoms with Gasteiger partial charge in [-0.1, -0.05) is 18.2 Å². The Morgan fingerprint density at radius 3 is 2.89 bits per heavy atom. The monoisotopic (exact) mass is 359 g/mol. The van der Waals surface area contributed by atoms with Crippen LogP contribution >= 0.6 is 0 Å².